The second kappa shape index (κ2) is 7.40. The lowest BCUT2D eigenvalue weighted by atomic mass is 10.3. The molecule has 4 N–H and O–H groups in total. The Morgan fingerprint density at radius 2 is 2.11 bits per heavy atom. The highest BCUT2D eigenvalue weighted by atomic mass is 79.9. The average Bonchev–Trinajstić information content (AvgIpc) is 2.29. The van der Waals surface area contributed by atoms with Crippen LogP contribution < -0.4 is 16.4 Å². The molecule has 0 saturated carbocycles. The first kappa shape index (κ1) is 15.8. The number of nitrogens with one attached hydrogen (secondary N) is 2. The lowest BCUT2D eigenvalue weighted by Gasteiger charge is -2.09. The van der Waals surface area contributed by atoms with E-state index in [1.54, 1.807) is 6.07 Å². The summed E-state index contributed by atoms with van der Waals surface area (Å²) in [6, 6.07) is 4.93. The second-order valence-electron chi connectivity index (χ2n) is 4.15. The Bertz CT molecular complexity index is 480. The SMILES string of the molecule is CC(C)NC(=O)NC(=O)CSc1cc(Br)ccc1N. The Kier molecular flexibility index (Phi) is 6.17. The summed E-state index contributed by atoms with van der Waals surface area (Å²) in [5, 5.41) is 4.83. The van der Waals surface area contributed by atoms with Crippen molar-refractivity contribution < 1.29 is 9.59 Å². The minimum Gasteiger partial charge on any atom is -0.398 e. The van der Waals surface area contributed by atoms with Gasteiger partial charge < -0.3 is 11.1 Å². The molecule has 0 spiro atoms. The van der Waals surface area contributed by atoms with E-state index >= 15 is 0 Å². The maximum Gasteiger partial charge on any atom is 0.321 e. The fourth-order valence-electron chi connectivity index (χ4n) is 1.24. The number of benzene rings is 1. The zero-order chi connectivity index (χ0) is 14.4. The van der Waals surface area contributed by atoms with Crippen molar-refractivity contribution in [2.24, 2.45) is 0 Å². The molecule has 3 amide bonds. The van der Waals surface area contributed by atoms with Crippen LogP contribution in [0, 0.1) is 0 Å². The van der Waals surface area contributed by atoms with Crippen LogP contribution in [-0.4, -0.2) is 23.7 Å². The lowest BCUT2D eigenvalue weighted by molar-refractivity contribution is -0.117. The third kappa shape index (κ3) is 5.98. The van der Waals surface area contributed by atoms with Crippen molar-refractivity contribution in [2.45, 2.75) is 24.8 Å². The van der Waals surface area contributed by atoms with Gasteiger partial charge in [0, 0.05) is 21.1 Å². The molecular weight excluding hydrogens is 330 g/mol. The summed E-state index contributed by atoms with van der Waals surface area (Å²) in [6.07, 6.45) is 0. The van der Waals surface area contributed by atoms with Crippen LogP contribution in [0.5, 0.6) is 0 Å². The predicted octanol–water partition coefficient (Wildman–Crippen LogP) is 2.36. The van der Waals surface area contributed by atoms with Gasteiger partial charge in [-0.3, -0.25) is 10.1 Å². The van der Waals surface area contributed by atoms with Crippen LogP contribution >= 0.6 is 27.7 Å². The van der Waals surface area contributed by atoms with E-state index in [-0.39, 0.29) is 17.7 Å². The molecule has 0 bridgehead atoms. The molecule has 19 heavy (non-hydrogen) atoms. The van der Waals surface area contributed by atoms with Crippen molar-refractivity contribution in [1.82, 2.24) is 10.6 Å². The number of halogens is 1. The number of hydrogen-bond donors (Lipinski definition) is 3. The first-order chi connectivity index (χ1) is 8.88. The molecule has 1 rings (SSSR count). The normalized spacial score (nSPS) is 10.3. The van der Waals surface area contributed by atoms with E-state index in [1.165, 1.54) is 11.8 Å². The maximum absolute atomic E-state index is 11.6. The lowest BCUT2D eigenvalue weighted by Crippen LogP contribution is -2.43. The molecule has 0 atom stereocenters. The number of hydrogen-bond acceptors (Lipinski definition) is 4. The largest absolute Gasteiger partial charge is 0.398 e. The Labute approximate surface area is 124 Å². The highest BCUT2D eigenvalue weighted by Gasteiger charge is 2.10. The summed E-state index contributed by atoms with van der Waals surface area (Å²) in [7, 11) is 0. The molecule has 104 valence electrons. The highest BCUT2D eigenvalue weighted by Crippen LogP contribution is 2.27. The number of carbonyl (C=O) groups is 2. The molecule has 0 radical (unpaired) electrons. The van der Waals surface area contributed by atoms with Crippen molar-refractivity contribution in [3.63, 3.8) is 0 Å². The van der Waals surface area contributed by atoms with Crippen LogP contribution in [0.2, 0.25) is 0 Å². The van der Waals surface area contributed by atoms with Gasteiger partial charge in [0.05, 0.1) is 5.75 Å². The van der Waals surface area contributed by atoms with Crippen LogP contribution in [0.25, 0.3) is 0 Å². The number of nitrogens with two attached hydrogens (primary N) is 1. The number of anilines is 1. The Hall–Kier alpha value is -1.21. The summed E-state index contributed by atoms with van der Waals surface area (Å²) >= 11 is 4.62. The van der Waals surface area contributed by atoms with Crippen LogP contribution in [0.15, 0.2) is 27.6 Å². The number of amides is 3. The van der Waals surface area contributed by atoms with E-state index in [0.29, 0.717) is 5.69 Å². The summed E-state index contributed by atoms with van der Waals surface area (Å²) in [5.41, 5.74) is 6.39. The third-order valence-corrected chi connectivity index (χ3v) is 3.57. The minimum absolute atomic E-state index is 0.0128. The molecule has 1 aromatic rings. The Balaban J connectivity index is 2.46. The topological polar surface area (TPSA) is 84.2 Å². The number of nitrogen functional groups attached to an aromatic ring is 1. The third-order valence-electron chi connectivity index (χ3n) is 2.01. The Morgan fingerprint density at radius 3 is 2.74 bits per heavy atom. The van der Waals surface area contributed by atoms with Crippen molar-refractivity contribution in [1.29, 1.82) is 0 Å². The van der Waals surface area contributed by atoms with Gasteiger partial charge in [-0.15, -0.1) is 11.8 Å². The summed E-state index contributed by atoms with van der Waals surface area (Å²) in [5.74, 6) is -0.228. The quantitative estimate of drug-likeness (QED) is 0.577. The van der Waals surface area contributed by atoms with Gasteiger partial charge in [-0.1, -0.05) is 15.9 Å². The molecule has 7 heteroatoms. The maximum atomic E-state index is 11.6. The van der Waals surface area contributed by atoms with Gasteiger partial charge in [0.15, 0.2) is 0 Å². The molecule has 0 aliphatic rings. The monoisotopic (exact) mass is 345 g/mol. The van der Waals surface area contributed by atoms with Gasteiger partial charge in [-0.2, -0.15) is 0 Å². The van der Waals surface area contributed by atoms with Gasteiger partial charge in [0.25, 0.3) is 0 Å². The van der Waals surface area contributed by atoms with Crippen LogP contribution in [0.1, 0.15) is 13.8 Å². The molecule has 0 aliphatic heterocycles. The van der Waals surface area contributed by atoms with Gasteiger partial charge in [-0.25, -0.2) is 4.79 Å². The molecule has 0 aromatic heterocycles. The fourth-order valence-corrected chi connectivity index (χ4v) is 2.55. The highest BCUT2D eigenvalue weighted by molar-refractivity contribution is 9.10. The number of carbonyl (C=O) groups excluding carboxylic acids is 2. The predicted molar refractivity (Wildman–Crippen MR) is 81.1 cm³/mol. The van der Waals surface area contributed by atoms with E-state index in [4.69, 9.17) is 5.73 Å². The summed E-state index contributed by atoms with van der Waals surface area (Å²) in [4.78, 5) is 23.7. The van der Waals surface area contributed by atoms with Crippen molar-refractivity contribution in [3.05, 3.63) is 22.7 Å². The van der Waals surface area contributed by atoms with Crippen molar-refractivity contribution >= 4 is 45.3 Å². The van der Waals surface area contributed by atoms with Gasteiger partial charge in [0.2, 0.25) is 5.91 Å². The first-order valence-corrected chi connectivity index (χ1v) is 7.44. The smallest absolute Gasteiger partial charge is 0.321 e. The van der Waals surface area contributed by atoms with E-state index in [2.05, 4.69) is 26.6 Å². The summed E-state index contributed by atoms with van der Waals surface area (Å²) in [6.45, 7) is 3.64. The Morgan fingerprint density at radius 1 is 1.42 bits per heavy atom. The van der Waals surface area contributed by atoms with Crippen LogP contribution in [-0.2, 0) is 4.79 Å². The van der Waals surface area contributed by atoms with Gasteiger partial charge in [-0.05, 0) is 32.0 Å². The van der Waals surface area contributed by atoms with E-state index in [0.717, 1.165) is 9.37 Å². The molecule has 0 heterocycles. The van der Waals surface area contributed by atoms with Gasteiger partial charge in [0.1, 0.15) is 0 Å². The average molecular weight is 346 g/mol. The fraction of sp³-hybridized carbons (Fsp3) is 0.333. The molecule has 0 aliphatic carbocycles. The zero-order valence-electron chi connectivity index (χ0n) is 10.7. The minimum atomic E-state index is -0.484. The first-order valence-electron chi connectivity index (χ1n) is 5.66. The molecule has 1 aromatic carbocycles. The second-order valence-corrected chi connectivity index (χ2v) is 6.08. The molecule has 0 saturated heterocycles. The van der Waals surface area contributed by atoms with Crippen molar-refractivity contribution in [3.8, 4) is 0 Å². The molecule has 0 fully saturated rings. The van der Waals surface area contributed by atoms with E-state index < -0.39 is 6.03 Å². The van der Waals surface area contributed by atoms with E-state index in [9.17, 15) is 9.59 Å². The molecule has 0 unspecified atom stereocenters. The summed E-state index contributed by atoms with van der Waals surface area (Å²) < 4.78 is 0.891. The van der Waals surface area contributed by atoms with Crippen LogP contribution in [0.4, 0.5) is 10.5 Å². The number of rotatable bonds is 4. The van der Waals surface area contributed by atoms with Gasteiger partial charge >= 0.3 is 6.03 Å². The van der Waals surface area contributed by atoms with Crippen molar-refractivity contribution in [2.75, 3.05) is 11.5 Å². The zero-order valence-corrected chi connectivity index (χ0v) is 13.1. The van der Waals surface area contributed by atoms with E-state index in [1.807, 2.05) is 26.0 Å². The number of imide groups is 1. The molecule has 5 nitrogen and oxygen atoms in total. The number of urea groups is 1. The molecular formula is C12H16BrN3O2S. The van der Waals surface area contributed by atoms with Crippen LogP contribution in [0.3, 0.4) is 0 Å². The standard InChI is InChI=1S/C12H16BrN3O2S/c1-7(2)15-12(18)16-11(17)6-19-10-5-8(13)3-4-9(10)14/h3-5,7H,6,14H2,1-2H3,(H2,15,16,17,18). The number of thioether (sulfide) groups is 1.